The number of Topliss-reactive ketones (excluding diaryl/α,β-unsaturated/α-hetero) is 1. The number of hydrogen-bond acceptors (Lipinski definition) is 25. The van der Waals surface area contributed by atoms with Crippen LogP contribution in [0.25, 0.3) is 77.4 Å². The number of nitrogens with two attached hydrogens (primary N) is 2. The van der Waals surface area contributed by atoms with E-state index in [1.165, 1.54) is 100 Å². The molecule has 43 heteroatoms. The summed E-state index contributed by atoms with van der Waals surface area (Å²) in [6.07, 6.45) is 0. The average molecular weight is 2150 g/mol. The number of carboxylic acid groups (broad SMARTS) is 2. The van der Waals surface area contributed by atoms with E-state index in [1.807, 2.05) is 30.3 Å². The van der Waals surface area contributed by atoms with Crippen LogP contribution in [0.2, 0.25) is 25.1 Å². The zero-order valence-corrected chi connectivity index (χ0v) is 83.6. The number of amides is 3. The molecule has 0 aliphatic heterocycles. The molecule has 7 heterocycles. The number of rotatable bonds is 21. The number of aryl methyl sites for hydroxylation is 5. The van der Waals surface area contributed by atoms with E-state index in [2.05, 4.69) is 51.2 Å². The number of esters is 2. The first-order valence-electron chi connectivity index (χ1n) is 42.9. The van der Waals surface area contributed by atoms with Gasteiger partial charge in [0.15, 0.2) is 5.78 Å². The van der Waals surface area contributed by atoms with E-state index in [0.717, 1.165) is 22.3 Å². The van der Waals surface area contributed by atoms with Gasteiger partial charge in [-0.3, -0.25) is 28.8 Å². The van der Waals surface area contributed by atoms with Crippen molar-refractivity contribution in [2.24, 2.45) is 5.73 Å². The van der Waals surface area contributed by atoms with Gasteiger partial charge in [0.2, 0.25) is 0 Å². The molecule has 11 aromatic carbocycles. The minimum absolute atomic E-state index is 0. The summed E-state index contributed by atoms with van der Waals surface area (Å²) in [5.74, 6) is -4.34. The Bertz CT molecular complexity index is 7990. The Morgan fingerprint density at radius 2 is 0.705 bits per heavy atom. The SMILES string of the molecule is C.C.CC(=O)c1c(-c2c(F)cccc2Cl)noc1C.COC(=O)c1ccc(CN)cc1.COC(=O)c1ccc(CNC(=O)c2c(-c3c(F)cccc3Cl)noc2C)cc1.Cc1onc(-c2c(F)cccc2Cl)c1C(=O)NCc1ccc(C(=O)O)cc1.Cc1onc2c1c(=O)n(Cc1ccc(C(=O)Nc3ccccc3N)cc1)c1cccc(Cl)c21.Cc1onc2c1c(=O)n(Cc1ccc(C(=O)O)cc1)c1cccc(Cl)c21.Cl.O.[Li+].[OH-]. The number of para-hydroxylation sites is 2. The number of anilines is 2. The molecule has 0 fully saturated rings. The number of ketones is 1. The van der Waals surface area contributed by atoms with Crippen molar-refractivity contribution in [3.8, 4) is 33.8 Å². The maximum atomic E-state index is 14.2. The fourth-order valence-corrected chi connectivity index (χ4v) is 16.1. The maximum Gasteiger partial charge on any atom is 1.00 e. The number of aromatic nitrogens is 7. The number of carbonyl (C=O) groups excluding carboxylic acids is 6. The van der Waals surface area contributed by atoms with Gasteiger partial charge >= 0.3 is 42.7 Å². The van der Waals surface area contributed by atoms with Gasteiger partial charge in [-0.1, -0.05) is 202 Å². The Labute approximate surface area is 890 Å². The van der Waals surface area contributed by atoms with E-state index in [4.69, 9.17) is 102 Å². The van der Waals surface area contributed by atoms with E-state index in [-0.39, 0.29) is 194 Å². The Hall–Kier alpha value is -15.8. The number of halogens is 9. The second-order valence-electron chi connectivity index (χ2n) is 31.4. The molecular weight excluding hydrogens is 2050 g/mol. The van der Waals surface area contributed by atoms with Gasteiger partial charge in [-0.25, -0.2) is 32.3 Å². The molecular formula is C106H94Cl6F3LiN12O21. The van der Waals surface area contributed by atoms with Crippen molar-refractivity contribution in [2.75, 3.05) is 25.3 Å². The molecule has 0 unspecified atom stereocenters. The predicted octanol–water partition coefficient (Wildman–Crippen LogP) is 19.3. The largest absolute Gasteiger partial charge is 1.00 e. The second-order valence-corrected chi connectivity index (χ2v) is 33.4. The van der Waals surface area contributed by atoms with Crippen LogP contribution in [0.15, 0.2) is 269 Å². The van der Waals surface area contributed by atoms with E-state index in [0.29, 0.717) is 118 Å². The number of nitrogens with zero attached hydrogens (tertiary/aromatic N) is 7. The van der Waals surface area contributed by atoms with Crippen LogP contribution in [0.3, 0.4) is 0 Å². The molecule has 768 valence electrons. The van der Waals surface area contributed by atoms with Crippen LogP contribution in [0.4, 0.5) is 24.5 Å². The van der Waals surface area contributed by atoms with Crippen LogP contribution in [-0.2, 0) is 42.2 Å². The van der Waals surface area contributed by atoms with Gasteiger partial charge in [-0.05, 0) is 203 Å². The number of carbonyl (C=O) groups is 8. The molecule has 0 atom stereocenters. The molecule has 0 spiro atoms. The molecule has 0 aliphatic carbocycles. The molecule has 3 amide bonds. The molecule has 0 saturated carbocycles. The third kappa shape index (κ3) is 27.7. The first kappa shape index (κ1) is 120. The summed E-state index contributed by atoms with van der Waals surface area (Å²) in [5.41, 5.74) is 20.8. The number of fused-ring (bicyclic) bond motifs is 6. The zero-order chi connectivity index (χ0) is 103. The van der Waals surface area contributed by atoms with Gasteiger partial charge in [0.05, 0.1) is 119 Å². The molecule has 7 aromatic heterocycles. The number of hydrogen-bond donors (Lipinski definition) is 7. The van der Waals surface area contributed by atoms with Crippen molar-refractivity contribution in [3.05, 3.63) is 401 Å². The van der Waals surface area contributed by atoms with Gasteiger partial charge in [-0.2, -0.15) is 0 Å². The number of aromatic carboxylic acids is 2. The minimum atomic E-state index is -1.03. The quantitative estimate of drug-likeness (QED) is 0.0152. The van der Waals surface area contributed by atoms with E-state index < -0.39 is 47.2 Å². The molecule has 0 radical (unpaired) electrons. The van der Waals surface area contributed by atoms with Gasteiger partial charge in [0, 0.05) is 36.0 Å². The molecule has 0 aliphatic rings. The average Bonchev–Trinajstić information content (AvgIpc) is 1.64. The number of nitrogen functional groups attached to an aromatic ring is 1. The van der Waals surface area contributed by atoms with Crippen molar-refractivity contribution in [3.63, 3.8) is 0 Å². The Kier molecular flexibility index (Phi) is 43.6. The summed E-state index contributed by atoms with van der Waals surface area (Å²) >= 11 is 30.9. The molecule has 18 aromatic rings. The van der Waals surface area contributed by atoms with Gasteiger partial charge < -0.3 is 89.8 Å². The summed E-state index contributed by atoms with van der Waals surface area (Å²) in [4.78, 5) is 120. The normalized spacial score (nSPS) is 10.3. The van der Waals surface area contributed by atoms with Crippen LogP contribution in [0.5, 0.6) is 0 Å². The molecule has 149 heavy (non-hydrogen) atoms. The first-order chi connectivity index (χ1) is 68.5. The third-order valence-electron chi connectivity index (χ3n) is 22.1. The topological polar surface area (TPSA) is 519 Å². The number of carboxylic acids is 2. The van der Waals surface area contributed by atoms with Gasteiger partial charge in [0.1, 0.15) is 96.3 Å². The smallest absolute Gasteiger partial charge is 0.870 e. The van der Waals surface area contributed by atoms with Gasteiger partial charge in [-0.15, -0.1) is 12.4 Å². The minimum Gasteiger partial charge on any atom is -0.870 e. The van der Waals surface area contributed by atoms with Crippen molar-refractivity contribution in [1.82, 2.24) is 45.6 Å². The van der Waals surface area contributed by atoms with Gasteiger partial charge in [0.25, 0.3) is 28.8 Å². The molecule has 12 N–H and O–H groups in total. The Morgan fingerprint density at radius 1 is 0.396 bits per heavy atom. The summed E-state index contributed by atoms with van der Waals surface area (Å²) < 4.78 is 80.2. The van der Waals surface area contributed by atoms with Crippen molar-refractivity contribution < 1.29 is 124 Å². The van der Waals surface area contributed by atoms with Crippen molar-refractivity contribution in [1.29, 1.82) is 0 Å². The fourth-order valence-electron chi connectivity index (χ4n) is 14.8. The summed E-state index contributed by atoms with van der Waals surface area (Å²) in [7, 11) is 2.66. The molecule has 33 nitrogen and oxygen atoms in total. The number of benzene rings is 11. The Morgan fingerprint density at radius 3 is 1.04 bits per heavy atom. The van der Waals surface area contributed by atoms with E-state index >= 15 is 0 Å². The van der Waals surface area contributed by atoms with Crippen LogP contribution in [-0.4, -0.2) is 118 Å². The summed E-state index contributed by atoms with van der Waals surface area (Å²) in [6.45, 7) is 10.9. The van der Waals surface area contributed by atoms with Crippen LogP contribution >= 0.6 is 70.4 Å². The fraction of sp³-hybridized carbons (Fsp3) is 0.142. The molecule has 18 rings (SSSR count). The van der Waals surface area contributed by atoms with Crippen molar-refractivity contribution in [2.45, 2.75) is 89.1 Å². The summed E-state index contributed by atoms with van der Waals surface area (Å²) in [5, 5.41) is 49.1. The van der Waals surface area contributed by atoms with Crippen molar-refractivity contribution >= 4 is 173 Å². The monoisotopic (exact) mass is 2140 g/mol. The number of pyridine rings is 2. The third-order valence-corrected chi connectivity index (χ3v) is 23.7. The number of ether oxygens (including phenoxy) is 2. The first-order valence-corrected chi connectivity index (χ1v) is 44.8. The predicted molar refractivity (Wildman–Crippen MR) is 558 cm³/mol. The van der Waals surface area contributed by atoms with Crippen LogP contribution in [0.1, 0.15) is 161 Å². The number of nitrogens with one attached hydrogen (secondary N) is 3. The summed E-state index contributed by atoms with van der Waals surface area (Å²) in [6, 6.07) is 63.6. The standard InChI is InChI=1S/C25H19ClN4O3.C20H16ClFN2O4.C19H14ClFN2O4.C19H13ClN2O4.C12H9ClFNO2.C9H11NO2.2CH4.ClH.Li.2H2O/c1-14-21-23(29-33-14)22-17(26)5-4-8-20(22)30(25(21)32)13-15-9-11-16(12-10-15)24(31)28-19-7-3-2-6-18(19)27;1-11-16(18(24-28-11)17-14(21)4-3-5-15(17)22)19(25)23-10-12-6-8-13(9-7-12)20(26)27-2;1-10-15(17(23-27-10)16-13(20)3-2-4-14(16)21)18(24)22-9-11-5-7-12(8-6-11)19(25)26;1-10-15-17(21-26-10)16-13(20)3-2-4-14(16)22(18(15)23)9-11-5-7-12(8-6-11)19(24)25;1-6(16)10-7(2)17-15-12(10)11-8(13)4-3-5-9(11)14;1-12-9(11)8-4-2-7(6-10)3-5-8;;;;;;/h2-12H,13,27H2,1H3,(H,28,31);3-9H,10H2,1-2H3,(H,23,25);2-8H,9H2,1H3,(H,22,24)(H,25,26);2-8H,9H2,1H3,(H,24,25);3-5H,1-2H3;2-5H,6,10H2,1H3;2*1H4;1H;;2*1H2/q;;;;;;;;;+1;;/p-1. The number of methoxy groups -OCH3 is 2. The second kappa shape index (κ2) is 54.0. The van der Waals surface area contributed by atoms with Crippen LogP contribution < -0.4 is 57.4 Å². The zero-order valence-electron chi connectivity index (χ0n) is 79.1. The Balaban J connectivity index is 0.000000245. The molecule has 0 bridgehead atoms. The van der Waals surface area contributed by atoms with E-state index in [1.54, 1.807) is 171 Å². The maximum absolute atomic E-state index is 14.2. The molecule has 0 saturated heterocycles. The van der Waals surface area contributed by atoms with Crippen LogP contribution in [0, 0.1) is 52.1 Å². The van der Waals surface area contributed by atoms with E-state index in [9.17, 15) is 61.1 Å².